The Morgan fingerprint density at radius 3 is 2.67 bits per heavy atom. The van der Waals surface area contributed by atoms with Crippen LogP contribution in [-0.4, -0.2) is 18.0 Å². The molecule has 0 aliphatic rings. The highest BCUT2D eigenvalue weighted by molar-refractivity contribution is 6.09. The van der Waals surface area contributed by atoms with Crippen LogP contribution in [0.25, 0.3) is 6.08 Å². The van der Waals surface area contributed by atoms with E-state index in [0.717, 1.165) is 0 Å². The van der Waals surface area contributed by atoms with Gasteiger partial charge in [0.2, 0.25) is 0 Å². The van der Waals surface area contributed by atoms with Gasteiger partial charge in [-0.1, -0.05) is 6.07 Å². The molecule has 1 amide bonds. The molecule has 2 aromatic rings. The molecule has 21 heavy (non-hydrogen) atoms. The number of carbonyl (C=O) groups is 1. The lowest BCUT2D eigenvalue weighted by atomic mass is 10.1. The third-order valence-corrected chi connectivity index (χ3v) is 2.71. The minimum atomic E-state index is -0.466. The first-order valence-electron chi connectivity index (χ1n) is 6.20. The monoisotopic (exact) mass is 279 g/mol. The largest absolute Gasteiger partial charge is 0.497 e. The molecular weight excluding hydrogens is 266 g/mol. The van der Waals surface area contributed by atoms with Crippen molar-refractivity contribution in [3.05, 3.63) is 59.9 Å². The molecule has 0 spiro atoms. The molecule has 1 N–H and O–H groups in total. The summed E-state index contributed by atoms with van der Waals surface area (Å²) in [6, 6.07) is 12.3. The molecule has 1 aromatic carbocycles. The molecule has 0 radical (unpaired) electrons. The van der Waals surface area contributed by atoms with Crippen molar-refractivity contribution < 1.29 is 9.53 Å². The van der Waals surface area contributed by atoms with Crippen molar-refractivity contribution in [3.63, 3.8) is 0 Å². The normalized spacial score (nSPS) is 10.6. The Kier molecular flexibility index (Phi) is 4.67. The Hall–Kier alpha value is -3.13. The summed E-state index contributed by atoms with van der Waals surface area (Å²) in [5.74, 6) is 0.228. The molecule has 0 unspecified atom stereocenters. The predicted molar refractivity (Wildman–Crippen MR) is 79.5 cm³/mol. The van der Waals surface area contributed by atoms with E-state index in [9.17, 15) is 4.79 Å². The van der Waals surface area contributed by atoms with Crippen molar-refractivity contribution in [1.29, 1.82) is 5.26 Å². The number of pyridine rings is 1. The molecule has 0 fully saturated rings. The average molecular weight is 279 g/mol. The maximum atomic E-state index is 12.0. The van der Waals surface area contributed by atoms with Crippen LogP contribution in [0.2, 0.25) is 0 Å². The summed E-state index contributed by atoms with van der Waals surface area (Å²) in [5, 5.41) is 11.8. The summed E-state index contributed by atoms with van der Waals surface area (Å²) >= 11 is 0. The second kappa shape index (κ2) is 6.87. The van der Waals surface area contributed by atoms with Gasteiger partial charge in [-0.25, -0.2) is 0 Å². The van der Waals surface area contributed by atoms with E-state index in [1.807, 2.05) is 6.07 Å². The highest BCUT2D eigenvalue weighted by atomic mass is 16.5. The Morgan fingerprint density at radius 1 is 1.33 bits per heavy atom. The molecule has 5 nitrogen and oxygen atoms in total. The minimum Gasteiger partial charge on any atom is -0.497 e. The molecule has 104 valence electrons. The summed E-state index contributed by atoms with van der Waals surface area (Å²) in [6.45, 7) is 0. The van der Waals surface area contributed by atoms with Crippen LogP contribution < -0.4 is 10.1 Å². The van der Waals surface area contributed by atoms with Crippen LogP contribution >= 0.6 is 0 Å². The zero-order valence-electron chi connectivity index (χ0n) is 11.4. The van der Waals surface area contributed by atoms with Crippen molar-refractivity contribution in [2.75, 3.05) is 12.4 Å². The van der Waals surface area contributed by atoms with Crippen LogP contribution in [0.1, 0.15) is 5.56 Å². The fourth-order valence-corrected chi connectivity index (χ4v) is 1.65. The molecule has 0 aliphatic carbocycles. The van der Waals surface area contributed by atoms with E-state index < -0.39 is 5.91 Å². The first-order valence-corrected chi connectivity index (χ1v) is 6.20. The van der Waals surface area contributed by atoms with Gasteiger partial charge >= 0.3 is 0 Å². The topological polar surface area (TPSA) is 75.0 Å². The van der Waals surface area contributed by atoms with E-state index in [1.165, 1.54) is 6.08 Å². The number of rotatable bonds is 4. The zero-order chi connectivity index (χ0) is 15.1. The van der Waals surface area contributed by atoms with E-state index in [0.29, 0.717) is 17.0 Å². The highest BCUT2D eigenvalue weighted by Crippen LogP contribution is 2.16. The smallest absolute Gasteiger partial charge is 0.266 e. The van der Waals surface area contributed by atoms with Gasteiger partial charge in [-0.3, -0.25) is 9.78 Å². The number of nitriles is 1. The molecule has 0 saturated carbocycles. The van der Waals surface area contributed by atoms with Crippen LogP contribution in [0.15, 0.2) is 54.4 Å². The minimum absolute atomic E-state index is 0.0128. The third kappa shape index (κ3) is 3.91. The number of benzene rings is 1. The Morgan fingerprint density at radius 2 is 2.10 bits per heavy atom. The molecule has 1 aromatic heterocycles. The fraction of sp³-hybridized carbons (Fsp3) is 0.0625. The number of hydrogen-bond donors (Lipinski definition) is 1. The van der Waals surface area contributed by atoms with Gasteiger partial charge in [0, 0.05) is 18.1 Å². The number of ether oxygens (including phenoxy) is 1. The number of nitrogens with one attached hydrogen (secondary N) is 1. The molecule has 1 heterocycles. The number of nitrogens with zero attached hydrogens (tertiary/aromatic N) is 2. The lowest BCUT2D eigenvalue weighted by molar-refractivity contribution is -0.112. The third-order valence-electron chi connectivity index (χ3n) is 2.71. The maximum Gasteiger partial charge on any atom is 0.266 e. The van der Waals surface area contributed by atoms with Crippen LogP contribution in [0.4, 0.5) is 5.69 Å². The quantitative estimate of drug-likeness (QED) is 0.689. The van der Waals surface area contributed by atoms with Gasteiger partial charge in [0.1, 0.15) is 17.4 Å². The van der Waals surface area contributed by atoms with E-state index in [1.54, 1.807) is 55.9 Å². The Labute approximate surface area is 122 Å². The summed E-state index contributed by atoms with van der Waals surface area (Å²) in [7, 11) is 1.57. The molecule has 0 atom stereocenters. The molecule has 0 saturated heterocycles. The van der Waals surface area contributed by atoms with Crippen molar-refractivity contribution >= 4 is 17.7 Å². The van der Waals surface area contributed by atoms with E-state index in [4.69, 9.17) is 10.00 Å². The lowest BCUT2D eigenvalue weighted by Gasteiger charge is -2.05. The van der Waals surface area contributed by atoms with Gasteiger partial charge in [-0.05, 0) is 42.0 Å². The van der Waals surface area contributed by atoms with Crippen molar-refractivity contribution in [2.24, 2.45) is 0 Å². The SMILES string of the molecule is COc1ccc(NC(=O)C(C#N)=Cc2cccnc2)cc1. The van der Waals surface area contributed by atoms with Gasteiger partial charge in [-0.15, -0.1) is 0 Å². The van der Waals surface area contributed by atoms with Crippen LogP contribution in [0.5, 0.6) is 5.75 Å². The predicted octanol–water partition coefficient (Wildman–Crippen LogP) is 2.64. The van der Waals surface area contributed by atoms with Crippen molar-refractivity contribution in [3.8, 4) is 11.8 Å². The van der Waals surface area contributed by atoms with E-state index in [2.05, 4.69) is 10.3 Å². The van der Waals surface area contributed by atoms with E-state index in [-0.39, 0.29) is 5.57 Å². The molecule has 2 rings (SSSR count). The molecule has 0 bridgehead atoms. The average Bonchev–Trinajstić information content (AvgIpc) is 2.54. The molecule has 0 aliphatic heterocycles. The summed E-state index contributed by atoms with van der Waals surface area (Å²) in [5.41, 5.74) is 1.30. The first kappa shape index (κ1) is 14.3. The maximum absolute atomic E-state index is 12.0. The number of carbonyl (C=O) groups excluding carboxylic acids is 1. The van der Waals surface area contributed by atoms with Gasteiger partial charge in [0.25, 0.3) is 5.91 Å². The second-order valence-electron chi connectivity index (χ2n) is 4.14. The summed E-state index contributed by atoms with van der Waals surface area (Å²) < 4.78 is 5.04. The molecular formula is C16H13N3O2. The van der Waals surface area contributed by atoms with Gasteiger partial charge < -0.3 is 10.1 Å². The number of anilines is 1. The summed E-state index contributed by atoms with van der Waals surface area (Å²) in [4.78, 5) is 16.0. The Bertz CT molecular complexity index is 686. The van der Waals surface area contributed by atoms with E-state index >= 15 is 0 Å². The number of methoxy groups -OCH3 is 1. The van der Waals surface area contributed by atoms with Gasteiger partial charge in [0.05, 0.1) is 7.11 Å². The lowest BCUT2D eigenvalue weighted by Crippen LogP contribution is -2.13. The van der Waals surface area contributed by atoms with Crippen molar-refractivity contribution in [1.82, 2.24) is 4.98 Å². The fourth-order valence-electron chi connectivity index (χ4n) is 1.65. The Balaban J connectivity index is 2.13. The van der Waals surface area contributed by atoms with Gasteiger partial charge in [0.15, 0.2) is 0 Å². The summed E-state index contributed by atoms with van der Waals surface area (Å²) in [6.07, 6.45) is 4.70. The first-order chi connectivity index (χ1) is 10.2. The second-order valence-corrected chi connectivity index (χ2v) is 4.14. The number of amides is 1. The zero-order valence-corrected chi connectivity index (χ0v) is 11.4. The molecule has 5 heteroatoms. The van der Waals surface area contributed by atoms with Crippen molar-refractivity contribution in [2.45, 2.75) is 0 Å². The standard InChI is InChI=1S/C16H13N3O2/c1-21-15-6-4-14(5-7-15)19-16(20)13(10-17)9-12-3-2-8-18-11-12/h2-9,11H,1H3,(H,19,20). The van der Waals surface area contributed by atoms with Crippen LogP contribution in [0.3, 0.4) is 0 Å². The van der Waals surface area contributed by atoms with Gasteiger partial charge in [-0.2, -0.15) is 5.26 Å². The number of aromatic nitrogens is 1. The highest BCUT2D eigenvalue weighted by Gasteiger charge is 2.09. The number of hydrogen-bond acceptors (Lipinski definition) is 4. The van der Waals surface area contributed by atoms with Crippen LogP contribution in [-0.2, 0) is 4.79 Å². The van der Waals surface area contributed by atoms with Crippen LogP contribution in [0, 0.1) is 11.3 Å².